The molecule has 0 bridgehead atoms. The molecule has 6 nitrogen and oxygen atoms in total. The van der Waals surface area contributed by atoms with Gasteiger partial charge in [-0.05, 0) is 46.8 Å². The fourth-order valence-electron chi connectivity index (χ4n) is 2.77. The van der Waals surface area contributed by atoms with Gasteiger partial charge in [0.15, 0.2) is 5.65 Å². The van der Waals surface area contributed by atoms with Crippen LogP contribution in [0.1, 0.15) is 12.8 Å². The number of benzene rings is 1. The monoisotopic (exact) mass is 403 g/mol. The average Bonchev–Trinajstić information content (AvgIpc) is 3.03. The van der Waals surface area contributed by atoms with Gasteiger partial charge in [-0.2, -0.15) is 14.6 Å². The summed E-state index contributed by atoms with van der Waals surface area (Å²) in [6.07, 6.45) is 3.74. The molecule has 7 heteroatoms. The van der Waals surface area contributed by atoms with E-state index >= 15 is 0 Å². The van der Waals surface area contributed by atoms with Gasteiger partial charge < -0.3 is 14.2 Å². The molecule has 0 unspecified atom stereocenters. The van der Waals surface area contributed by atoms with Gasteiger partial charge in [-0.3, -0.25) is 0 Å². The van der Waals surface area contributed by atoms with E-state index in [2.05, 4.69) is 26.0 Å². The normalized spacial score (nSPS) is 15.4. The molecule has 3 aromatic rings. The molecule has 0 atom stereocenters. The molecule has 0 aliphatic carbocycles. The van der Waals surface area contributed by atoms with E-state index in [4.69, 9.17) is 14.2 Å². The second kappa shape index (κ2) is 7.41. The molecule has 1 saturated heterocycles. The average molecular weight is 404 g/mol. The Labute approximate surface area is 153 Å². The molecular formula is C18H18BrN3O3. The molecule has 0 amide bonds. The van der Waals surface area contributed by atoms with Crippen molar-refractivity contribution in [3.05, 3.63) is 47.1 Å². The molecule has 1 fully saturated rings. The summed E-state index contributed by atoms with van der Waals surface area (Å²) in [4.78, 5) is 4.52. The Morgan fingerprint density at radius 2 is 2.00 bits per heavy atom. The zero-order valence-electron chi connectivity index (χ0n) is 13.6. The third-order valence-electron chi connectivity index (χ3n) is 4.15. The Morgan fingerprint density at radius 3 is 2.80 bits per heavy atom. The Balaban J connectivity index is 1.60. The number of para-hydroxylation sites is 1. The van der Waals surface area contributed by atoms with Crippen molar-refractivity contribution in [1.29, 1.82) is 0 Å². The Hall–Kier alpha value is -2.12. The Morgan fingerprint density at radius 1 is 1.20 bits per heavy atom. The standard InChI is InChI=1S/C18H18BrN3O3/c19-15-11-20-22-17(24-12-13-6-8-23-9-7-13)10-16(21-18(15)22)25-14-4-2-1-3-5-14/h1-5,10-11,13H,6-9,12H2. The van der Waals surface area contributed by atoms with E-state index in [-0.39, 0.29) is 0 Å². The summed E-state index contributed by atoms with van der Waals surface area (Å²) >= 11 is 3.47. The first-order valence-electron chi connectivity index (χ1n) is 8.27. The van der Waals surface area contributed by atoms with Crippen LogP contribution >= 0.6 is 15.9 Å². The molecule has 0 radical (unpaired) electrons. The summed E-state index contributed by atoms with van der Waals surface area (Å²) in [6.45, 7) is 2.23. The van der Waals surface area contributed by atoms with E-state index in [1.54, 1.807) is 16.8 Å². The fourth-order valence-corrected chi connectivity index (χ4v) is 3.12. The van der Waals surface area contributed by atoms with E-state index < -0.39 is 0 Å². The topological polar surface area (TPSA) is 57.9 Å². The minimum Gasteiger partial charge on any atom is -0.477 e. The summed E-state index contributed by atoms with van der Waals surface area (Å²) in [7, 11) is 0. The molecule has 4 rings (SSSR count). The molecule has 1 aliphatic heterocycles. The molecule has 3 heterocycles. The van der Waals surface area contributed by atoms with Crippen LogP contribution in [-0.4, -0.2) is 34.4 Å². The molecule has 130 valence electrons. The van der Waals surface area contributed by atoms with E-state index in [9.17, 15) is 0 Å². The van der Waals surface area contributed by atoms with Crippen LogP contribution in [0.4, 0.5) is 0 Å². The van der Waals surface area contributed by atoms with Crippen LogP contribution in [0.2, 0.25) is 0 Å². The second-order valence-corrected chi connectivity index (χ2v) is 6.80. The van der Waals surface area contributed by atoms with E-state index in [0.29, 0.717) is 29.9 Å². The largest absolute Gasteiger partial charge is 0.477 e. The molecule has 25 heavy (non-hydrogen) atoms. The molecule has 1 aliphatic rings. The van der Waals surface area contributed by atoms with Crippen molar-refractivity contribution in [1.82, 2.24) is 14.6 Å². The molecular weight excluding hydrogens is 386 g/mol. The quantitative estimate of drug-likeness (QED) is 0.641. The Kier molecular flexibility index (Phi) is 4.85. The van der Waals surface area contributed by atoms with Crippen molar-refractivity contribution in [3.63, 3.8) is 0 Å². The van der Waals surface area contributed by atoms with Gasteiger partial charge in [0.05, 0.1) is 23.3 Å². The lowest BCUT2D eigenvalue weighted by molar-refractivity contribution is 0.0486. The van der Waals surface area contributed by atoms with Crippen molar-refractivity contribution in [2.24, 2.45) is 5.92 Å². The van der Waals surface area contributed by atoms with Gasteiger partial charge in [-0.15, -0.1) is 0 Å². The molecule has 1 aromatic carbocycles. The highest BCUT2D eigenvalue weighted by molar-refractivity contribution is 9.10. The summed E-state index contributed by atoms with van der Waals surface area (Å²) < 4.78 is 19.8. The van der Waals surface area contributed by atoms with Crippen molar-refractivity contribution in [3.8, 4) is 17.5 Å². The first-order valence-corrected chi connectivity index (χ1v) is 9.06. The van der Waals surface area contributed by atoms with Crippen LogP contribution in [0, 0.1) is 5.92 Å². The summed E-state index contributed by atoms with van der Waals surface area (Å²) in [5, 5.41) is 4.33. The van der Waals surface area contributed by atoms with E-state index in [1.165, 1.54) is 0 Å². The molecule has 0 N–H and O–H groups in total. The number of hydrogen-bond acceptors (Lipinski definition) is 5. The van der Waals surface area contributed by atoms with Crippen molar-refractivity contribution >= 4 is 21.6 Å². The second-order valence-electron chi connectivity index (χ2n) is 5.94. The lowest BCUT2D eigenvalue weighted by Gasteiger charge is -2.22. The number of ether oxygens (including phenoxy) is 3. The number of nitrogens with zero attached hydrogens (tertiary/aromatic N) is 3. The van der Waals surface area contributed by atoms with Crippen LogP contribution < -0.4 is 9.47 Å². The van der Waals surface area contributed by atoms with Crippen LogP contribution in [-0.2, 0) is 4.74 Å². The van der Waals surface area contributed by atoms with Crippen molar-refractivity contribution in [2.75, 3.05) is 19.8 Å². The maximum absolute atomic E-state index is 6.05. The van der Waals surface area contributed by atoms with Crippen LogP contribution in [0.15, 0.2) is 47.1 Å². The summed E-state index contributed by atoms with van der Waals surface area (Å²) in [5.74, 6) is 2.31. The predicted molar refractivity (Wildman–Crippen MR) is 96.2 cm³/mol. The highest BCUT2D eigenvalue weighted by atomic mass is 79.9. The molecule has 0 saturated carbocycles. The van der Waals surface area contributed by atoms with Gasteiger partial charge in [0.25, 0.3) is 0 Å². The minimum atomic E-state index is 0.474. The van der Waals surface area contributed by atoms with E-state index in [1.807, 2.05) is 30.3 Å². The number of fused-ring (bicyclic) bond motifs is 1. The van der Waals surface area contributed by atoms with Crippen molar-refractivity contribution in [2.45, 2.75) is 12.8 Å². The fraction of sp³-hybridized carbons (Fsp3) is 0.333. The first kappa shape index (κ1) is 16.4. The number of hydrogen-bond donors (Lipinski definition) is 0. The summed E-state index contributed by atoms with van der Waals surface area (Å²) in [5.41, 5.74) is 0.662. The third kappa shape index (κ3) is 3.77. The highest BCUT2D eigenvalue weighted by Gasteiger charge is 2.17. The SMILES string of the molecule is Brc1cnn2c(OCC3CCOCC3)cc(Oc3ccccc3)nc12. The van der Waals surface area contributed by atoms with Gasteiger partial charge in [-0.25, -0.2) is 0 Å². The van der Waals surface area contributed by atoms with Crippen LogP contribution in [0.3, 0.4) is 0 Å². The maximum atomic E-state index is 6.05. The first-order chi connectivity index (χ1) is 12.3. The van der Waals surface area contributed by atoms with Gasteiger partial charge in [0.2, 0.25) is 11.8 Å². The number of aromatic nitrogens is 3. The lowest BCUT2D eigenvalue weighted by atomic mass is 10.0. The highest BCUT2D eigenvalue weighted by Crippen LogP contribution is 2.28. The summed E-state index contributed by atoms with van der Waals surface area (Å²) in [6, 6.07) is 11.3. The lowest BCUT2D eigenvalue weighted by Crippen LogP contribution is -2.22. The smallest absolute Gasteiger partial charge is 0.226 e. The van der Waals surface area contributed by atoms with Gasteiger partial charge in [-0.1, -0.05) is 18.2 Å². The van der Waals surface area contributed by atoms with Gasteiger partial charge in [0.1, 0.15) is 5.75 Å². The van der Waals surface area contributed by atoms with Crippen LogP contribution in [0.5, 0.6) is 17.5 Å². The minimum absolute atomic E-state index is 0.474. The zero-order chi connectivity index (χ0) is 17.1. The third-order valence-corrected chi connectivity index (χ3v) is 4.71. The van der Waals surface area contributed by atoms with Gasteiger partial charge in [0, 0.05) is 13.2 Å². The number of rotatable bonds is 5. The van der Waals surface area contributed by atoms with E-state index in [0.717, 1.165) is 36.3 Å². The van der Waals surface area contributed by atoms with Crippen molar-refractivity contribution < 1.29 is 14.2 Å². The maximum Gasteiger partial charge on any atom is 0.226 e. The predicted octanol–water partition coefficient (Wildman–Crippen LogP) is 4.09. The number of halogens is 1. The molecule has 0 spiro atoms. The zero-order valence-corrected chi connectivity index (χ0v) is 15.2. The Bertz CT molecular complexity index is 847. The molecule has 2 aromatic heterocycles. The van der Waals surface area contributed by atoms with Crippen LogP contribution in [0.25, 0.3) is 5.65 Å². The van der Waals surface area contributed by atoms with Gasteiger partial charge >= 0.3 is 0 Å².